The van der Waals surface area contributed by atoms with E-state index in [9.17, 15) is 0 Å². The van der Waals surface area contributed by atoms with Crippen LogP contribution in [0.15, 0.2) is 18.2 Å². The maximum absolute atomic E-state index is 5.79. The zero-order chi connectivity index (χ0) is 11.4. The minimum absolute atomic E-state index is 0.604. The first-order valence-corrected chi connectivity index (χ1v) is 5.93. The summed E-state index contributed by atoms with van der Waals surface area (Å²) in [4.78, 5) is 2.39. The molecule has 1 heterocycles. The minimum Gasteiger partial charge on any atom is -0.380 e. The Hall–Kier alpha value is -1.06. The van der Waals surface area contributed by atoms with E-state index in [4.69, 9.17) is 10.5 Å². The zero-order valence-corrected chi connectivity index (χ0v) is 9.91. The van der Waals surface area contributed by atoms with Crippen LogP contribution < -0.4 is 10.6 Å². The van der Waals surface area contributed by atoms with Gasteiger partial charge < -0.3 is 15.4 Å². The van der Waals surface area contributed by atoms with E-state index < -0.39 is 0 Å². The summed E-state index contributed by atoms with van der Waals surface area (Å²) in [6.07, 6.45) is 1.10. The molecule has 0 aliphatic carbocycles. The van der Waals surface area contributed by atoms with E-state index in [1.165, 1.54) is 16.8 Å². The molecular formula is C13H20N2O. The van der Waals surface area contributed by atoms with Crippen molar-refractivity contribution in [2.75, 3.05) is 31.2 Å². The molecular weight excluding hydrogens is 200 g/mol. The van der Waals surface area contributed by atoms with Crippen molar-refractivity contribution in [2.45, 2.75) is 19.9 Å². The Morgan fingerprint density at radius 1 is 1.31 bits per heavy atom. The Bertz CT molecular complexity index is 344. The minimum atomic E-state index is 0.604. The number of anilines is 1. The lowest BCUT2D eigenvalue weighted by Gasteiger charge is -2.25. The highest BCUT2D eigenvalue weighted by molar-refractivity contribution is 5.55. The fraction of sp³-hybridized carbons (Fsp3) is 0.538. The van der Waals surface area contributed by atoms with Crippen LogP contribution in [0, 0.1) is 6.92 Å². The number of nitrogens with two attached hydrogens (primary N) is 1. The Balaban J connectivity index is 2.25. The van der Waals surface area contributed by atoms with Crippen LogP contribution in [0.5, 0.6) is 0 Å². The van der Waals surface area contributed by atoms with Crippen molar-refractivity contribution in [1.29, 1.82) is 0 Å². The van der Waals surface area contributed by atoms with Crippen molar-refractivity contribution in [3.8, 4) is 0 Å². The number of nitrogens with zero attached hydrogens (tertiary/aromatic N) is 1. The maximum Gasteiger partial charge on any atom is 0.0641 e. The van der Waals surface area contributed by atoms with Gasteiger partial charge in [-0.2, -0.15) is 0 Å². The zero-order valence-electron chi connectivity index (χ0n) is 9.91. The molecule has 16 heavy (non-hydrogen) atoms. The first kappa shape index (κ1) is 11.4. The lowest BCUT2D eigenvalue weighted by molar-refractivity contribution is 0.152. The molecule has 0 atom stereocenters. The third kappa shape index (κ3) is 2.54. The van der Waals surface area contributed by atoms with Crippen LogP contribution >= 0.6 is 0 Å². The number of hydrogen-bond acceptors (Lipinski definition) is 3. The molecule has 0 radical (unpaired) electrons. The highest BCUT2D eigenvalue weighted by Crippen LogP contribution is 2.23. The Morgan fingerprint density at radius 2 is 2.19 bits per heavy atom. The van der Waals surface area contributed by atoms with Crippen LogP contribution in [0.3, 0.4) is 0 Å². The molecule has 1 saturated heterocycles. The molecule has 2 rings (SSSR count). The largest absolute Gasteiger partial charge is 0.380 e. The van der Waals surface area contributed by atoms with Gasteiger partial charge in [-0.3, -0.25) is 0 Å². The predicted octanol–water partition coefficient (Wildman–Crippen LogP) is 1.68. The quantitative estimate of drug-likeness (QED) is 0.824. The highest BCUT2D eigenvalue weighted by Gasteiger charge is 2.13. The first-order chi connectivity index (χ1) is 7.81. The summed E-state index contributed by atoms with van der Waals surface area (Å²) in [5, 5.41) is 0. The van der Waals surface area contributed by atoms with Crippen molar-refractivity contribution in [2.24, 2.45) is 5.73 Å². The number of aryl methyl sites for hydroxylation is 1. The number of benzene rings is 1. The van der Waals surface area contributed by atoms with Crippen LogP contribution in [-0.4, -0.2) is 26.3 Å². The second kappa shape index (κ2) is 5.32. The van der Waals surface area contributed by atoms with Crippen LogP contribution in [0.1, 0.15) is 17.5 Å². The molecule has 0 aromatic heterocycles. The highest BCUT2D eigenvalue weighted by atomic mass is 16.5. The second-order valence-corrected chi connectivity index (χ2v) is 4.29. The normalized spacial score (nSPS) is 17.2. The van der Waals surface area contributed by atoms with Gasteiger partial charge in [0.2, 0.25) is 0 Å². The fourth-order valence-electron chi connectivity index (χ4n) is 2.13. The van der Waals surface area contributed by atoms with Gasteiger partial charge in [0.25, 0.3) is 0 Å². The van der Waals surface area contributed by atoms with Gasteiger partial charge in [0.05, 0.1) is 6.61 Å². The average molecular weight is 220 g/mol. The topological polar surface area (TPSA) is 38.5 Å². The fourth-order valence-corrected chi connectivity index (χ4v) is 2.13. The van der Waals surface area contributed by atoms with E-state index >= 15 is 0 Å². The summed E-state index contributed by atoms with van der Waals surface area (Å²) in [5.41, 5.74) is 9.59. The molecule has 0 amide bonds. The summed E-state index contributed by atoms with van der Waals surface area (Å²) in [5.74, 6) is 0. The van der Waals surface area contributed by atoms with Gasteiger partial charge in [-0.05, 0) is 30.5 Å². The number of rotatable bonds is 2. The van der Waals surface area contributed by atoms with Gasteiger partial charge in [-0.25, -0.2) is 0 Å². The third-order valence-corrected chi connectivity index (χ3v) is 3.02. The second-order valence-electron chi connectivity index (χ2n) is 4.29. The van der Waals surface area contributed by atoms with Gasteiger partial charge in [0.1, 0.15) is 0 Å². The van der Waals surface area contributed by atoms with E-state index in [2.05, 4.69) is 30.0 Å². The van der Waals surface area contributed by atoms with Gasteiger partial charge in [0, 0.05) is 31.9 Å². The van der Waals surface area contributed by atoms with Crippen molar-refractivity contribution >= 4 is 5.69 Å². The van der Waals surface area contributed by atoms with Gasteiger partial charge in [-0.15, -0.1) is 0 Å². The molecule has 0 unspecified atom stereocenters. The smallest absolute Gasteiger partial charge is 0.0641 e. The van der Waals surface area contributed by atoms with Crippen LogP contribution in [0.2, 0.25) is 0 Å². The number of hydrogen-bond donors (Lipinski definition) is 1. The summed E-state index contributed by atoms with van der Waals surface area (Å²) in [7, 11) is 0. The molecule has 0 saturated carbocycles. The summed E-state index contributed by atoms with van der Waals surface area (Å²) >= 11 is 0. The number of ether oxygens (including phenoxy) is 1. The van der Waals surface area contributed by atoms with Crippen molar-refractivity contribution in [3.63, 3.8) is 0 Å². The van der Waals surface area contributed by atoms with E-state index in [-0.39, 0.29) is 0 Å². The van der Waals surface area contributed by atoms with Crippen molar-refractivity contribution in [3.05, 3.63) is 29.3 Å². The van der Waals surface area contributed by atoms with Gasteiger partial charge in [0.15, 0.2) is 0 Å². The molecule has 1 aromatic carbocycles. The lowest BCUT2D eigenvalue weighted by atomic mass is 10.1. The summed E-state index contributed by atoms with van der Waals surface area (Å²) in [6.45, 7) is 6.45. The van der Waals surface area contributed by atoms with Gasteiger partial charge in [-0.1, -0.05) is 12.1 Å². The van der Waals surface area contributed by atoms with Crippen LogP contribution in [0.4, 0.5) is 5.69 Å². The van der Waals surface area contributed by atoms with E-state index in [1.807, 2.05) is 0 Å². The standard InChI is InChI=1S/C13H20N2O/c1-11-3-4-12(10-14)13(9-11)15-5-2-7-16-8-6-15/h3-4,9H,2,5-8,10,14H2,1H3. The molecule has 0 spiro atoms. The molecule has 2 N–H and O–H groups in total. The van der Waals surface area contributed by atoms with Crippen LogP contribution in [-0.2, 0) is 11.3 Å². The monoisotopic (exact) mass is 220 g/mol. The molecule has 1 aromatic rings. The summed E-state index contributed by atoms with van der Waals surface area (Å²) in [6, 6.07) is 6.49. The Morgan fingerprint density at radius 3 is 3.00 bits per heavy atom. The maximum atomic E-state index is 5.79. The van der Waals surface area contributed by atoms with Crippen molar-refractivity contribution < 1.29 is 4.74 Å². The van der Waals surface area contributed by atoms with E-state index in [0.29, 0.717) is 6.54 Å². The molecule has 3 heteroatoms. The molecule has 88 valence electrons. The first-order valence-electron chi connectivity index (χ1n) is 5.93. The van der Waals surface area contributed by atoms with E-state index in [1.54, 1.807) is 0 Å². The van der Waals surface area contributed by atoms with Crippen molar-refractivity contribution in [1.82, 2.24) is 0 Å². The molecule has 1 aliphatic heterocycles. The Kier molecular flexibility index (Phi) is 3.80. The SMILES string of the molecule is Cc1ccc(CN)c(N2CCCOCC2)c1. The molecule has 1 aliphatic rings. The molecule has 3 nitrogen and oxygen atoms in total. The van der Waals surface area contributed by atoms with E-state index in [0.717, 1.165) is 32.7 Å². The van der Waals surface area contributed by atoms with Crippen LogP contribution in [0.25, 0.3) is 0 Å². The summed E-state index contributed by atoms with van der Waals surface area (Å²) < 4.78 is 5.48. The Labute approximate surface area is 97.2 Å². The third-order valence-electron chi connectivity index (χ3n) is 3.02. The average Bonchev–Trinajstić information content (AvgIpc) is 2.57. The predicted molar refractivity (Wildman–Crippen MR) is 66.7 cm³/mol. The lowest BCUT2D eigenvalue weighted by Crippen LogP contribution is -2.27. The molecule has 0 bridgehead atoms. The molecule has 1 fully saturated rings. The van der Waals surface area contributed by atoms with Gasteiger partial charge >= 0.3 is 0 Å².